The van der Waals surface area contributed by atoms with E-state index in [0.29, 0.717) is 5.02 Å². The summed E-state index contributed by atoms with van der Waals surface area (Å²) in [5.41, 5.74) is 1.96. The zero-order chi connectivity index (χ0) is 9.97. The van der Waals surface area contributed by atoms with Gasteiger partial charge in [0.15, 0.2) is 0 Å². The Morgan fingerprint density at radius 1 is 1.43 bits per heavy atom. The lowest BCUT2D eigenvalue weighted by Crippen LogP contribution is -1.97. The molecule has 0 atom stereocenters. The molecule has 1 N–H and O–H groups in total. The molecule has 0 unspecified atom stereocenters. The largest absolute Gasteiger partial charge is 0.396 e. The minimum Gasteiger partial charge on any atom is -0.396 e. The molecule has 4 heteroatoms. The van der Waals surface area contributed by atoms with E-state index in [-0.39, 0.29) is 6.61 Å². The number of imidazole rings is 1. The van der Waals surface area contributed by atoms with Gasteiger partial charge in [0.2, 0.25) is 0 Å². The van der Waals surface area contributed by atoms with Crippen LogP contribution in [0.15, 0.2) is 24.5 Å². The number of aromatic nitrogens is 2. The molecule has 1 aromatic heterocycles. The molecule has 2 rings (SSSR count). The van der Waals surface area contributed by atoms with Crippen LogP contribution in [-0.2, 0) is 6.54 Å². The summed E-state index contributed by atoms with van der Waals surface area (Å²) in [7, 11) is 0. The second-order valence-electron chi connectivity index (χ2n) is 3.15. The first-order valence-electron chi connectivity index (χ1n) is 4.52. The number of aliphatic hydroxyl groups excluding tert-OH is 1. The Kier molecular flexibility index (Phi) is 2.70. The van der Waals surface area contributed by atoms with Crippen molar-refractivity contribution < 1.29 is 5.11 Å². The number of fused-ring (bicyclic) bond motifs is 1. The Labute approximate surface area is 86.9 Å². The molecule has 0 fully saturated rings. The lowest BCUT2D eigenvalue weighted by atomic mass is 10.3. The van der Waals surface area contributed by atoms with Gasteiger partial charge in [0.1, 0.15) is 0 Å². The number of aryl methyl sites for hydroxylation is 1. The van der Waals surface area contributed by atoms with Crippen LogP contribution in [0, 0.1) is 0 Å². The van der Waals surface area contributed by atoms with Crippen molar-refractivity contribution in [3.8, 4) is 0 Å². The van der Waals surface area contributed by atoms with Gasteiger partial charge in [0, 0.05) is 18.2 Å². The van der Waals surface area contributed by atoms with E-state index in [1.807, 2.05) is 22.8 Å². The summed E-state index contributed by atoms with van der Waals surface area (Å²) in [6.45, 7) is 0.966. The predicted octanol–water partition coefficient (Wildman–Crippen LogP) is 2.07. The normalized spacial score (nSPS) is 11.0. The summed E-state index contributed by atoms with van der Waals surface area (Å²) in [5, 5.41) is 9.44. The molecule has 14 heavy (non-hydrogen) atoms. The number of benzene rings is 1. The van der Waals surface area contributed by atoms with Gasteiger partial charge < -0.3 is 9.67 Å². The van der Waals surface area contributed by atoms with Crippen molar-refractivity contribution in [2.45, 2.75) is 13.0 Å². The zero-order valence-electron chi connectivity index (χ0n) is 7.65. The lowest BCUT2D eigenvalue weighted by Gasteiger charge is -2.01. The minimum absolute atomic E-state index is 0.195. The third-order valence-electron chi connectivity index (χ3n) is 2.14. The number of nitrogens with zero attached hydrogens (tertiary/aromatic N) is 2. The van der Waals surface area contributed by atoms with E-state index in [9.17, 15) is 0 Å². The molecule has 0 radical (unpaired) electrons. The molecule has 0 aliphatic rings. The Balaban J connectivity index is 2.40. The molecule has 74 valence electrons. The molecule has 0 spiro atoms. The molecule has 0 aliphatic heterocycles. The molecule has 1 aromatic carbocycles. The van der Waals surface area contributed by atoms with Crippen LogP contribution in [0.2, 0.25) is 5.02 Å². The number of halogens is 1. The molecule has 1 heterocycles. The zero-order valence-corrected chi connectivity index (χ0v) is 8.41. The topological polar surface area (TPSA) is 38.0 Å². The molecule has 0 aliphatic carbocycles. The van der Waals surface area contributed by atoms with Crippen molar-refractivity contribution in [3.63, 3.8) is 0 Å². The summed E-state index contributed by atoms with van der Waals surface area (Å²) in [5.74, 6) is 0. The van der Waals surface area contributed by atoms with Crippen molar-refractivity contribution in [2.24, 2.45) is 0 Å². The van der Waals surface area contributed by atoms with Gasteiger partial charge in [-0.25, -0.2) is 4.98 Å². The number of hydrogen-bond acceptors (Lipinski definition) is 2. The highest BCUT2D eigenvalue weighted by atomic mass is 35.5. The number of aliphatic hydroxyl groups is 1. The minimum atomic E-state index is 0.195. The fourth-order valence-corrected chi connectivity index (χ4v) is 1.62. The standard InChI is InChI=1S/C10H11ClN2O/c11-8-2-3-9-10(6-8)13(7-12-9)4-1-5-14/h2-3,6-7,14H,1,4-5H2. The van der Waals surface area contributed by atoms with Gasteiger partial charge in [-0.1, -0.05) is 11.6 Å². The highest BCUT2D eigenvalue weighted by Gasteiger charge is 2.02. The lowest BCUT2D eigenvalue weighted by molar-refractivity contribution is 0.280. The number of hydrogen-bond donors (Lipinski definition) is 1. The fraction of sp³-hybridized carbons (Fsp3) is 0.300. The van der Waals surface area contributed by atoms with Gasteiger partial charge in [0.05, 0.1) is 17.4 Å². The average Bonchev–Trinajstić information content (AvgIpc) is 2.57. The third kappa shape index (κ3) is 1.74. The second kappa shape index (κ2) is 3.98. The summed E-state index contributed by atoms with van der Waals surface area (Å²) in [6, 6.07) is 5.61. The van der Waals surface area contributed by atoms with Gasteiger partial charge in [-0.05, 0) is 24.6 Å². The van der Waals surface area contributed by atoms with E-state index in [1.165, 1.54) is 0 Å². The SMILES string of the molecule is OCCCn1cnc2ccc(Cl)cc21. The highest BCUT2D eigenvalue weighted by molar-refractivity contribution is 6.31. The van der Waals surface area contributed by atoms with E-state index in [2.05, 4.69) is 4.98 Å². The van der Waals surface area contributed by atoms with Crippen LogP contribution in [0.5, 0.6) is 0 Å². The first kappa shape index (κ1) is 9.49. The van der Waals surface area contributed by atoms with Gasteiger partial charge >= 0.3 is 0 Å². The first-order valence-corrected chi connectivity index (χ1v) is 4.90. The number of rotatable bonds is 3. The summed E-state index contributed by atoms with van der Waals surface area (Å²) < 4.78 is 2.00. The van der Waals surface area contributed by atoms with Crippen LogP contribution in [-0.4, -0.2) is 21.3 Å². The molecule has 0 saturated carbocycles. The summed E-state index contributed by atoms with van der Waals surface area (Å²) in [4.78, 5) is 4.24. The van der Waals surface area contributed by atoms with Crippen LogP contribution in [0.1, 0.15) is 6.42 Å². The monoisotopic (exact) mass is 210 g/mol. The van der Waals surface area contributed by atoms with E-state index in [0.717, 1.165) is 24.0 Å². The van der Waals surface area contributed by atoms with E-state index < -0.39 is 0 Å². The first-order chi connectivity index (χ1) is 6.81. The van der Waals surface area contributed by atoms with Gasteiger partial charge in [0.25, 0.3) is 0 Å². The summed E-state index contributed by atoms with van der Waals surface area (Å²) >= 11 is 5.89. The van der Waals surface area contributed by atoms with Crippen LogP contribution < -0.4 is 0 Å². The van der Waals surface area contributed by atoms with Crippen molar-refractivity contribution in [1.82, 2.24) is 9.55 Å². The Morgan fingerprint density at radius 3 is 3.07 bits per heavy atom. The van der Waals surface area contributed by atoms with Gasteiger partial charge in [-0.3, -0.25) is 0 Å². The quantitative estimate of drug-likeness (QED) is 0.843. The molecular formula is C10H11ClN2O. The smallest absolute Gasteiger partial charge is 0.0958 e. The van der Waals surface area contributed by atoms with Crippen LogP contribution >= 0.6 is 11.6 Å². The van der Waals surface area contributed by atoms with Crippen molar-refractivity contribution >= 4 is 22.6 Å². The van der Waals surface area contributed by atoms with Gasteiger partial charge in [-0.2, -0.15) is 0 Å². The molecule has 0 bridgehead atoms. The van der Waals surface area contributed by atoms with Crippen LogP contribution in [0.4, 0.5) is 0 Å². The molecule has 3 nitrogen and oxygen atoms in total. The van der Waals surface area contributed by atoms with Crippen LogP contribution in [0.25, 0.3) is 11.0 Å². The van der Waals surface area contributed by atoms with Gasteiger partial charge in [-0.15, -0.1) is 0 Å². The maximum absolute atomic E-state index is 8.73. The maximum atomic E-state index is 8.73. The van der Waals surface area contributed by atoms with E-state index >= 15 is 0 Å². The average molecular weight is 211 g/mol. The van der Waals surface area contributed by atoms with E-state index in [4.69, 9.17) is 16.7 Å². The fourth-order valence-electron chi connectivity index (χ4n) is 1.45. The highest BCUT2D eigenvalue weighted by Crippen LogP contribution is 2.18. The Morgan fingerprint density at radius 2 is 2.29 bits per heavy atom. The Hall–Kier alpha value is -1.06. The molecular weight excluding hydrogens is 200 g/mol. The molecule has 2 aromatic rings. The molecule has 0 saturated heterocycles. The van der Waals surface area contributed by atoms with E-state index in [1.54, 1.807) is 6.33 Å². The van der Waals surface area contributed by atoms with Crippen LogP contribution in [0.3, 0.4) is 0 Å². The Bertz CT molecular complexity index is 439. The summed E-state index contributed by atoms with van der Waals surface area (Å²) in [6.07, 6.45) is 2.51. The van der Waals surface area contributed by atoms with Crippen molar-refractivity contribution in [3.05, 3.63) is 29.5 Å². The predicted molar refractivity (Wildman–Crippen MR) is 56.4 cm³/mol. The molecule has 0 amide bonds. The van der Waals surface area contributed by atoms with Crippen molar-refractivity contribution in [2.75, 3.05) is 6.61 Å². The van der Waals surface area contributed by atoms with Crippen molar-refractivity contribution in [1.29, 1.82) is 0 Å². The third-order valence-corrected chi connectivity index (χ3v) is 2.38. The maximum Gasteiger partial charge on any atom is 0.0958 e. The second-order valence-corrected chi connectivity index (χ2v) is 3.58.